The molecule has 0 amide bonds. The van der Waals surface area contributed by atoms with Crippen molar-refractivity contribution in [2.24, 2.45) is 11.8 Å². The van der Waals surface area contributed by atoms with Gasteiger partial charge in [-0.1, -0.05) is 54.1 Å². The molecule has 0 aliphatic carbocycles. The molecule has 2 aliphatic rings. The van der Waals surface area contributed by atoms with Gasteiger partial charge in [0.05, 0.1) is 5.02 Å². The van der Waals surface area contributed by atoms with E-state index in [0.29, 0.717) is 24.9 Å². The molecule has 4 nitrogen and oxygen atoms in total. The molecule has 26 heavy (non-hydrogen) atoms. The van der Waals surface area contributed by atoms with E-state index in [1.807, 2.05) is 18.2 Å². The first kappa shape index (κ1) is 19.6. The molecule has 0 radical (unpaired) electrons. The monoisotopic (exact) mass is 412 g/mol. The number of rotatable bonds is 3. The van der Waals surface area contributed by atoms with Crippen molar-refractivity contribution in [1.82, 2.24) is 9.21 Å². The molecule has 0 N–H and O–H groups in total. The molecule has 2 heterocycles. The Balaban J connectivity index is 0.00000196. The SMILES string of the molecule is CN1C[C@H]2CN(S(=O)(=O)c3ccccc3Cl)C[C@H]2[C@@H]1c1ccccc1.Cl. The van der Waals surface area contributed by atoms with Crippen LogP contribution in [-0.4, -0.2) is 44.3 Å². The summed E-state index contributed by atoms with van der Waals surface area (Å²) in [6.45, 7) is 2.02. The first-order valence-corrected chi connectivity index (χ1v) is 10.3. The Morgan fingerprint density at radius 1 is 0.962 bits per heavy atom. The molecule has 2 saturated heterocycles. The second-order valence-corrected chi connectivity index (χ2v) is 9.29. The van der Waals surface area contributed by atoms with Gasteiger partial charge in [0.1, 0.15) is 4.90 Å². The van der Waals surface area contributed by atoms with Crippen molar-refractivity contribution in [3.05, 3.63) is 65.2 Å². The number of likely N-dealkylation sites (tertiary alicyclic amines) is 1. The summed E-state index contributed by atoms with van der Waals surface area (Å²) in [4.78, 5) is 2.56. The maximum absolute atomic E-state index is 13.0. The Bertz CT molecular complexity index is 876. The second kappa shape index (κ2) is 7.49. The van der Waals surface area contributed by atoms with E-state index in [2.05, 4.69) is 24.1 Å². The van der Waals surface area contributed by atoms with Crippen LogP contribution in [0.25, 0.3) is 0 Å². The van der Waals surface area contributed by atoms with Gasteiger partial charge in [-0.2, -0.15) is 4.31 Å². The van der Waals surface area contributed by atoms with Crippen molar-refractivity contribution in [1.29, 1.82) is 0 Å². The highest BCUT2D eigenvalue weighted by Crippen LogP contribution is 2.45. The predicted octanol–water partition coefficient (Wildman–Crippen LogP) is 3.69. The predicted molar refractivity (Wildman–Crippen MR) is 106 cm³/mol. The van der Waals surface area contributed by atoms with Gasteiger partial charge in [-0.3, -0.25) is 4.90 Å². The zero-order chi connectivity index (χ0) is 17.6. The fourth-order valence-electron chi connectivity index (χ4n) is 4.36. The minimum absolute atomic E-state index is 0. The molecule has 7 heteroatoms. The highest BCUT2D eigenvalue weighted by Gasteiger charge is 2.49. The number of benzene rings is 2. The van der Waals surface area contributed by atoms with Crippen molar-refractivity contribution in [3.8, 4) is 0 Å². The summed E-state index contributed by atoms with van der Waals surface area (Å²) >= 11 is 6.14. The largest absolute Gasteiger partial charge is 0.299 e. The second-order valence-electron chi connectivity index (χ2n) is 6.97. The van der Waals surface area contributed by atoms with Crippen LogP contribution in [0, 0.1) is 11.8 Å². The van der Waals surface area contributed by atoms with Crippen molar-refractivity contribution < 1.29 is 8.42 Å². The van der Waals surface area contributed by atoms with Crippen molar-refractivity contribution >= 4 is 34.0 Å². The van der Waals surface area contributed by atoms with Crippen LogP contribution in [0.4, 0.5) is 0 Å². The number of hydrogen-bond acceptors (Lipinski definition) is 3. The normalized spacial score (nSPS) is 26.5. The molecule has 2 aliphatic heterocycles. The molecule has 0 unspecified atom stereocenters. The highest BCUT2D eigenvalue weighted by atomic mass is 35.5. The third-order valence-electron chi connectivity index (χ3n) is 5.46. The molecule has 3 atom stereocenters. The number of hydrogen-bond donors (Lipinski definition) is 0. The third-order valence-corrected chi connectivity index (χ3v) is 7.79. The van der Waals surface area contributed by atoms with E-state index in [1.165, 1.54) is 5.56 Å². The summed E-state index contributed by atoms with van der Waals surface area (Å²) in [6, 6.07) is 17.3. The molecule has 2 aromatic rings. The number of halogens is 2. The quantitative estimate of drug-likeness (QED) is 0.771. The Hall–Kier alpha value is -1.11. The fourth-order valence-corrected chi connectivity index (χ4v) is 6.39. The van der Waals surface area contributed by atoms with Crippen molar-refractivity contribution in [3.63, 3.8) is 0 Å². The smallest absolute Gasteiger partial charge is 0.244 e. The van der Waals surface area contributed by atoms with Crippen LogP contribution < -0.4 is 0 Å². The summed E-state index contributed by atoms with van der Waals surface area (Å²) in [7, 11) is -1.42. The number of sulfonamides is 1. The van der Waals surface area contributed by atoms with Gasteiger partial charge >= 0.3 is 0 Å². The molecule has 0 aromatic heterocycles. The summed E-state index contributed by atoms with van der Waals surface area (Å²) < 4.78 is 27.7. The summed E-state index contributed by atoms with van der Waals surface area (Å²) in [5.41, 5.74) is 1.26. The van der Waals surface area contributed by atoms with Gasteiger partial charge in [0, 0.05) is 25.7 Å². The van der Waals surface area contributed by atoms with Gasteiger partial charge in [-0.25, -0.2) is 8.42 Å². The average molecular weight is 413 g/mol. The summed E-state index contributed by atoms with van der Waals surface area (Å²) in [5, 5.41) is 0.288. The standard InChI is InChI=1S/C19H21ClN2O2S.ClH/c1-21-11-15-12-22(25(23,24)18-10-6-5-9-17(18)20)13-16(15)19(21)14-7-3-2-4-8-14;/h2-10,15-16,19H,11-13H2,1H3;1H/t15-,16+,19-;/m0./s1. The van der Waals surface area contributed by atoms with Crippen LogP contribution in [-0.2, 0) is 10.0 Å². The Morgan fingerprint density at radius 2 is 1.62 bits per heavy atom. The van der Waals surface area contributed by atoms with Gasteiger partial charge in [0.2, 0.25) is 10.0 Å². The summed E-state index contributed by atoms with van der Waals surface area (Å²) in [5.74, 6) is 0.664. The molecule has 4 rings (SSSR count). The summed E-state index contributed by atoms with van der Waals surface area (Å²) in [6.07, 6.45) is 0. The Kier molecular flexibility index (Phi) is 5.66. The molecule has 2 fully saturated rings. The van der Waals surface area contributed by atoms with E-state index >= 15 is 0 Å². The first-order valence-electron chi connectivity index (χ1n) is 8.48. The van der Waals surface area contributed by atoms with E-state index in [0.717, 1.165) is 6.54 Å². The van der Waals surface area contributed by atoms with Crippen LogP contribution in [0.15, 0.2) is 59.5 Å². The lowest BCUT2D eigenvalue weighted by molar-refractivity contribution is 0.261. The lowest BCUT2D eigenvalue weighted by Gasteiger charge is -2.26. The molecule has 140 valence electrons. The first-order chi connectivity index (χ1) is 12.0. The topological polar surface area (TPSA) is 40.6 Å². The van der Waals surface area contributed by atoms with Crippen LogP contribution in [0.2, 0.25) is 5.02 Å². The van der Waals surface area contributed by atoms with Crippen molar-refractivity contribution in [2.45, 2.75) is 10.9 Å². The molecule has 2 aromatic carbocycles. The number of nitrogens with zero attached hydrogens (tertiary/aromatic N) is 2. The van der Waals surface area contributed by atoms with E-state index in [-0.39, 0.29) is 28.4 Å². The van der Waals surface area contributed by atoms with Gasteiger partial charge < -0.3 is 0 Å². The van der Waals surface area contributed by atoms with Crippen molar-refractivity contribution in [2.75, 3.05) is 26.7 Å². The van der Waals surface area contributed by atoms with Gasteiger partial charge in [0.15, 0.2) is 0 Å². The molecule has 0 saturated carbocycles. The number of fused-ring (bicyclic) bond motifs is 1. The van der Waals surface area contributed by atoms with Gasteiger partial charge in [-0.05, 0) is 36.6 Å². The highest BCUT2D eigenvalue weighted by molar-refractivity contribution is 7.89. The van der Waals surface area contributed by atoms with Crippen LogP contribution in [0.3, 0.4) is 0 Å². The maximum atomic E-state index is 13.0. The minimum atomic E-state index is -3.55. The molecular formula is C19H22Cl2N2O2S. The molecule has 0 spiro atoms. The van der Waals surface area contributed by atoms with Gasteiger partial charge in [-0.15, -0.1) is 12.4 Å². The molecule has 0 bridgehead atoms. The lowest BCUT2D eigenvalue weighted by Crippen LogP contribution is -2.33. The minimum Gasteiger partial charge on any atom is -0.299 e. The Morgan fingerprint density at radius 3 is 2.31 bits per heavy atom. The fraction of sp³-hybridized carbons (Fsp3) is 0.368. The third kappa shape index (κ3) is 3.27. The average Bonchev–Trinajstić information content (AvgIpc) is 3.13. The van der Waals surface area contributed by atoms with Gasteiger partial charge in [0.25, 0.3) is 0 Å². The van der Waals surface area contributed by atoms with E-state index < -0.39 is 10.0 Å². The van der Waals surface area contributed by atoms with E-state index in [1.54, 1.807) is 28.6 Å². The Labute approximate surface area is 166 Å². The van der Waals surface area contributed by atoms with E-state index in [4.69, 9.17) is 11.6 Å². The zero-order valence-corrected chi connectivity index (χ0v) is 16.8. The molecular weight excluding hydrogens is 391 g/mol. The maximum Gasteiger partial charge on any atom is 0.244 e. The van der Waals surface area contributed by atoms with Crippen LogP contribution >= 0.6 is 24.0 Å². The van der Waals surface area contributed by atoms with Crippen LogP contribution in [0.5, 0.6) is 0 Å². The van der Waals surface area contributed by atoms with Crippen LogP contribution in [0.1, 0.15) is 11.6 Å². The zero-order valence-electron chi connectivity index (χ0n) is 14.5. The van der Waals surface area contributed by atoms with E-state index in [9.17, 15) is 8.42 Å². The lowest BCUT2D eigenvalue weighted by atomic mass is 9.90.